The van der Waals surface area contributed by atoms with E-state index in [9.17, 15) is 4.79 Å². The Labute approximate surface area is 160 Å². The third-order valence-electron chi connectivity index (χ3n) is 4.96. The second-order valence-electron chi connectivity index (χ2n) is 6.62. The van der Waals surface area contributed by atoms with Crippen LogP contribution in [-0.4, -0.2) is 39.1 Å². The Hall–Kier alpha value is -1.89. The predicted octanol–water partition coefficient (Wildman–Crippen LogP) is 3.47. The first-order valence-corrected chi connectivity index (χ1v) is 9.37. The third kappa shape index (κ3) is 3.37. The van der Waals surface area contributed by atoms with E-state index in [1.165, 1.54) is 0 Å². The largest absolute Gasteiger partial charge is 0.466 e. The zero-order valence-electron chi connectivity index (χ0n) is 14.4. The summed E-state index contributed by atoms with van der Waals surface area (Å²) in [6.07, 6.45) is 0. The molecule has 1 saturated carbocycles. The highest BCUT2D eigenvalue weighted by Gasteiger charge is 2.54. The number of hydrogen-bond donors (Lipinski definition) is 1. The first-order valence-electron chi connectivity index (χ1n) is 8.58. The zero-order valence-corrected chi connectivity index (χ0v) is 16.0. The van der Waals surface area contributed by atoms with Gasteiger partial charge in [-0.05, 0) is 33.6 Å². The maximum absolute atomic E-state index is 12.7. The van der Waals surface area contributed by atoms with E-state index in [0.717, 1.165) is 28.8 Å². The predicted molar refractivity (Wildman–Crippen MR) is 101 cm³/mol. The topological polar surface area (TPSA) is 56.8 Å². The van der Waals surface area contributed by atoms with Gasteiger partial charge in [-0.25, -0.2) is 0 Å². The molecule has 1 heterocycles. The van der Waals surface area contributed by atoms with Crippen molar-refractivity contribution in [2.75, 3.05) is 27.1 Å². The summed E-state index contributed by atoms with van der Waals surface area (Å²) in [5, 5.41) is 3.14. The summed E-state index contributed by atoms with van der Waals surface area (Å²) < 4.78 is 16.9. The molecule has 0 spiro atoms. The van der Waals surface area contributed by atoms with Crippen molar-refractivity contribution in [3.63, 3.8) is 0 Å². The zero-order chi connectivity index (χ0) is 18.1. The number of fused-ring (bicyclic) bond motifs is 1. The van der Waals surface area contributed by atoms with E-state index in [-0.39, 0.29) is 18.7 Å². The fourth-order valence-corrected chi connectivity index (χ4v) is 4.08. The standard InChI is InChI=1S/C20H20BrNO4/c1-24-11-26-19-14(12-5-3-2-4-6-12)7-13(8-17(19)21)20(23)22-18-15-9-25-10-16(15)18/h2-8,15-16,18H,9-11H2,1H3,(H,22,23). The molecule has 1 N–H and O–H groups in total. The van der Waals surface area contributed by atoms with Gasteiger partial charge >= 0.3 is 0 Å². The molecule has 0 bridgehead atoms. The van der Waals surface area contributed by atoms with E-state index in [1.54, 1.807) is 13.2 Å². The van der Waals surface area contributed by atoms with Crippen LogP contribution in [0.1, 0.15) is 10.4 Å². The normalized spacial score (nSPS) is 23.4. The molecule has 2 unspecified atom stereocenters. The van der Waals surface area contributed by atoms with Crippen molar-refractivity contribution < 1.29 is 19.0 Å². The molecule has 4 rings (SSSR count). The van der Waals surface area contributed by atoms with Gasteiger partial charge in [-0.1, -0.05) is 30.3 Å². The Morgan fingerprint density at radius 2 is 1.96 bits per heavy atom. The lowest BCUT2D eigenvalue weighted by atomic mass is 10.0. The number of rotatable bonds is 6. The van der Waals surface area contributed by atoms with Gasteiger partial charge in [0, 0.05) is 36.1 Å². The van der Waals surface area contributed by atoms with Gasteiger partial charge in [0.1, 0.15) is 5.75 Å². The lowest BCUT2D eigenvalue weighted by molar-refractivity contribution is 0.0510. The Bertz CT molecular complexity index is 801. The van der Waals surface area contributed by atoms with Gasteiger partial charge in [0.15, 0.2) is 6.79 Å². The van der Waals surface area contributed by atoms with Crippen LogP contribution >= 0.6 is 15.9 Å². The molecule has 5 nitrogen and oxygen atoms in total. The first kappa shape index (κ1) is 17.5. The number of carbonyl (C=O) groups is 1. The van der Waals surface area contributed by atoms with Crippen LogP contribution in [0.15, 0.2) is 46.9 Å². The van der Waals surface area contributed by atoms with Crippen molar-refractivity contribution in [3.8, 4) is 16.9 Å². The number of nitrogens with one attached hydrogen (secondary N) is 1. The average Bonchev–Trinajstić information content (AvgIpc) is 3.07. The fraction of sp³-hybridized carbons (Fsp3) is 0.350. The molecule has 2 fully saturated rings. The minimum atomic E-state index is -0.0689. The molecule has 26 heavy (non-hydrogen) atoms. The maximum atomic E-state index is 12.7. The molecular weight excluding hydrogens is 398 g/mol. The molecule has 0 radical (unpaired) electrons. The molecule has 1 aliphatic heterocycles. The van der Waals surface area contributed by atoms with Crippen LogP contribution in [0.2, 0.25) is 0 Å². The number of hydrogen-bond acceptors (Lipinski definition) is 4. The molecule has 136 valence electrons. The highest BCUT2D eigenvalue weighted by atomic mass is 79.9. The molecule has 2 atom stereocenters. The molecule has 2 aromatic rings. The minimum Gasteiger partial charge on any atom is -0.466 e. The Kier molecular flexibility index (Phi) is 4.98. The summed E-state index contributed by atoms with van der Waals surface area (Å²) in [5.41, 5.74) is 2.43. The van der Waals surface area contributed by atoms with Crippen molar-refractivity contribution in [1.82, 2.24) is 5.32 Å². The van der Waals surface area contributed by atoms with Crippen molar-refractivity contribution in [2.24, 2.45) is 11.8 Å². The molecule has 1 saturated heterocycles. The second kappa shape index (κ2) is 7.39. The van der Waals surface area contributed by atoms with Crippen molar-refractivity contribution in [3.05, 3.63) is 52.5 Å². The molecule has 1 aliphatic carbocycles. The molecule has 2 aromatic carbocycles. The maximum Gasteiger partial charge on any atom is 0.251 e. The average molecular weight is 418 g/mol. The fourth-order valence-electron chi connectivity index (χ4n) is 3.51. The summed E-state index contributed by atoms with van der Waals surface area (Å²) in [5.74, 6) is 1.53. The summed E-state index contributed by atoms with van der Waals surface area (Å²) >= 11 is 3.54. The number of ether oxygens (including phenoxy) is 3. The number of halogens is 1. The van der Waals surface area contributed by atoms with Gasteiger partial charge in [0.05, 0.1) is 17.7 Å². The van der Waals surface area contributed by atoms with Gasteiger partial charge in [0.25, 0.3) is 5.91 Å². The summed E-state index contributed by atoms with van der Waals surface area (Å²) in [6, 6.07) is 13.8. The van der Waals surface area contributed by atoms with Gasteiger partial charge in [-0.2, -0.15) is 0 Å². The molecule has 1 amide bonds. The summed E-state index contributed by atoms with van der Waals surface area (Å²) in [7, 11) is 1.58. The van der Waals surface area contributed by atoms with E-state index < -0.39 is 0 Å². The van der Waals surface area contributed by atoms with Crippen LogP contribution in [0.25, 0.3) is 11.1 Å². The Balaban J connectivity index is 1.63. The summed E-state index contributed by atoms with van der Waals surface area (Å²) in [4.78, 5) is 12.7. The van der Waals surface area contributed by atoms with E-state index in [2.05, 4.69) is 21.2 Å². The van der Waals surface area contributed by atoms with Gasteiger partial charge in [-0.3, -0.25) is 4.79 Å². The van der Waals surface area contributed by atoms with E-state index in [4.69, 9.17) is 14.2 Å². The molecule has 2 aliphatic rings. The van der Waals surface area contributed by atoms with E-state index in [1.807, 2.05) is 36.4 Å². The second-order valence-corrected chi connectivity index (χ2v) is 7.47. The van der Waals surface area contributed by atoms with E-state index >= 15 is 0 Å². The first-order chi connectivity index (χ1) is 12.7. The number of amides is 1. The molecule has 0 aromatic heterocycles. The molecular formula is C20H20BrNO4. The number of methoxy groups -OCH3 is 1. The van der Waals surface area contributed by atoms with Crippen LogP contribution in [-0.2, 0) is 9.47 Å². The van der Waals surface area contributed by atoms with Gasteiger partial charge in [-0.15, -0.1) is 0 Å². The SMILES string of the molecule is COCOc1c(Br)cc(C(=O)NC2C3COCC32)cc1-c1ccccc1. The van der Waals surface area contributed by atoms with Crippen LogP contribution in [0, 0.1) is 11.8 Å². The number of benzene rings is 2. The highest BCUT2D eigenvalue weighted by molar-refractivity contribution is 9.10. The van der Waals surface area contributed by atoms with Crippen LogP contribution in [0.5, 0.6) is 5.75 Å². The molecule has 6 heteroatoms. The van der Waals surface area contributed by atoms with Gasteiger partial charge in [0.2, 0.25) is 0 Å². The van der Waals surface area contributed by atoms with Gasteiger partial charge < -0.3 is 19.5 Å². The van der Waals surface area contributed by atoms with Crippen molar-refractivity contribution in [2.45, 2.75) is 6.04 Å². The van der Waals surface area contributed by atoms with Crippen molar-refractivity contribution in [1.29, 1.82) is 0 Å². The van der Waals surface area contributed by atoms with Crippen LogP contribution < -0.4 is 10.1 Å². The monoisotopic (exact) mass is 417 g/mol. The number of carbonyl (C=O) groups excluding carboxylic acids is 1. The lowest BCUT2D eigenvalue weighted by Gasteiger charge is -2.15. The third-order valence-corrected chi connectivity index (χ3v) is 5.55. The van der Waals surface area contributed by atoms with Crippen molar-refractivity contribution >= 4 is 21.8 Å². The van der Waals surface area contributed by atoms with Crippen LogP contribution in [0.4, 0.5) is 0 Å². The Morgan fingerprint density at radius 3 is 2.65 bits per heavy atom. The summed E-state index contributed by atoms with van der Waals surface area (Å²) in [6.45, 7) is 1.63. The lowest BCUT2D eigenvalue weighted by Crippen LogP contribution is -2.30. The quantitative estimate of drug-likeness (QED) is 0.730. The minimum absolute atomic E-state index is 0.0689. The Morgan fingerprint density at radius 1 is 1.23 bits per heavy atom. The van der Waals surface area contributed by atoms with Crippen LogP contribution in [0.3, 0.4) is 0 Å². The highest BCUT2D eigenvalue weighted by Crippen LogP contribution is 2.44. The smallest absolute Gasteiger partial charge is 0.251 e. The van der Waals surface area contributed by atoms with E-state index in [0.29, 0.717) is 23.1 Å².